The van der Waals surface area contributed by atoms with Gasteiger partial charge in [-0.15, -0.1) is 0 Å². The topological polar surface area (TPSA) is 47.3 Å². The summed E-state index contributed by atoms with van der Waals surface area (Å²) < 4.78 is 66.9. The van der Waals surface area contributed by atoms with Gasteiger partial charge in [0.15, 0.2) is 0 Å². The first-order valence-electron chi connectivity index (χ1n) is 5.54. The van der Waals surface area contributed by atoms with Gasteiger partial charge in [-0.2, -0.15) is 13.2 Å². The molecule has 3 aromatic rings. The van der Waals surface area contributed by atoms with Gasteiger partial charge in [0.1, 0.15) is 11.2 Å². The zero-order valence-corrected chi connectivity index (χ0v) is 10.6. The zero-order chi connectivity index (χ0) is 14.5. The first kappa shape index (κ1) is 13.0. The van der Waals surface area contributed by atoms with Gasteiger partial charge in [0, 0.05) is 10.8 Å². The summed E-state index contributed by atoms with van der Waals surface area (Å²) in [5.74, 6) is 0. The molecule has 20 heavy (non-hydrogen) atoms. The number of furan rings is 1. The Bertz CT molecular complexity index is 907. The molecule has 3 nitrogen and oxygen atoms in total. The van der Waals surface area contributed by atoms with Crippen molar-refractivity contribution in [3.8, 4) is 0 Å². The normalized spacial score (nSPS) is 13.2. The van der Waals surface area contributed by atoms with E-state index in [-0.39, 0.29) is 11.0 Å². The van der Waals surface area contributed by atoms with E-state index in [4.69, 9.17) is 4.42 Å². The Morgan fingerprint density at radius 1 is 0.900 bits per heavy atom. The maximum Gasteiger partial charge on any atom is 0.501 e. The first-order valence-corrected chi connectivity index (χ1v) is 7.02. The summed E-state index contributed by atoms with van der Waals surface area (Å²) in [6, 6.07) is 9.95. The largest absolute Gasteiger partial charge is 0.501 e. The third-order valence-corrected chi connectivity index (χ3v) is 4.49. The fourth-order valence-electron chi connectivity index (χ4n) is 2.09. The lowest BCUT2D eigenvalue weighted by Crippen LogP contribution is -2.23. The average molecular weight is 300 g/mol. The third kappa shape index (κ3) is 1.70. The van der Waals surface area contributed by atoms with Crippen molar-refractivity contribution >= 4 is 31.8 Å². The molecule has 0 N–H and O–H groups in total. The van der Waals surface area contributed by atoms with Gasteiger partial charge >= 0.3 is 5.51 Å². The van der Waals surface area contributed by atoms with E-state index in [1.807, 2.05) is 0 Å². The zero-order valence-electron chi connectivity index (χ0n) is 9.81. The second-order valence-corrected chi connectivity index (χ2v) is 6.09. The molecule has 1 heterocycles. The molecule has 0 bridgehead atoms. The molecular weight excluding hydrogens is 293 g/mol. The van der Waals surface area contributed by atoms with Crippen LogP contribution in [-0.2, 0) is 9.84 Å². The lowest BCUT2D eigenvalue weighted by molar-refractivity contribution is -0.0435. The molecule has 104 valence electrons. The second kappa shape index (κ2) is 3.99. The number of fused-ring (bicyclic) bond motifs is 3. The first-order chi connectivity index (χ1) is 9.32. The summed E-state index contributed by atoms with van der Waals surface area (Å²) in [6.07, 6.45) is 0. The smallest absolute Gasteiger partial charge is 0.456 e. The summed E-state index contributed by atoms with van der Waals surface area (Å²) in [5, 5.41) is 0.298. The maximum atomic E-state index is 12.7. The van der Waals surface area contributed by atoms with E-state index in [9.17, 15) is 21.6 Å². The lowest BCUT2D eigenvalue weighted by Gasteiger charge is -2.08. The quantitative estimate of drug-likeness (QED) is 0.685. The Kier molecular flexibility index (Phi) is 2.59. The number of hydrogen-bond donors (Lipinski definition) is 0. The van der Waals surface area contributed by atoms with Crippen molar-refractivity contribution in [3.05, 3.63) is 42.5 Å². The summed E-state index contributed by atoms with van der Waals surface area (Å²) in [4.78, 5) is -0.785. The van der Waals surface area contributed by atoms with Crippen LogP contribution in [0.1, 0.15) is 0 Å². The van der Waals surface area contributed by atoms with Crippen LogP contribution in [0.2, 0.25) is 0 Å². The van der Waals surface area contributed by atoms with Crippen molar-refractivity contribution in [2.45, 2.75) is 10.4 Å². The molecule has 0 saturated heterocycles. The molecule has 3 rings (SSSR count). The number of hydrogen-bond acceptors (Lipinski definition) is 3. The molecule has 0 unspecified atom stereocenters. The molecule has 0 radical (unpaired) electrons. The van der Waals surface area contributed by atoms with Gasteiger partial charge in [-0.1, -0.05) is 24.3 Å². The van der Waals surface area contributed by atoms with Crippen molar-refractivity contribution in [1.29, 1.82) is 0 Å². The lowest BCUT2D eigenvalue weighted by atomic mass is 10.1. The Labute approximate surface area is 111 Å². The van der Waals surface area contributed by atoms with E-state index in [0.717, 1.165) is 6.07 Å². The molecule has 0 spiro atoms. The molecule has 0 aliphatic heterocycles. The highest BCUT2D eigenvalue weighted by Crippen LogP contribution is 2.38. The van der Waals surface area contributed by atoms with E-state index in [2.05, 4.69) is 0 Å². The van der Waals surface area contributed by atoms with Gasteiger partial charge in [-0.3, -0.25) is 0 Å². The fourth-order valence-corrected chi connectivity index (χ4v) is 3.08. The Morgan fingerprint density at radius 3 is 2.25 bits per heavy atom. The van der Waals surface area contributed by atoms with Crippen molar-refractivity contribution in [2.24, 2.45) is 0 Å². The van der Waals surface area contributed by atoms with Crippen LogP contribution in [0, 0.1) is 0 Å². The second-order valence-electron chi connectivity index (χ2n) is 4.18. The molecule has 2 aromatic carbocycles. The van der Waals surface area contributed by atoms with Gasteiger partial charge in [0.05, 0.1) is 4.90 Å². The number of sulfone groups is 1. The van der Waals surface area contributed by atoms with Crippen molar-refractivity contribution in [1.82, 2.24) is 0 Å². The summed E-state index contributed by atoms with van der Waals surface area (Å²) in [5.41, 5.74) is -4.90. The van der Waals surface area contributed by atoms with Crippen LogP contribution in [0.5, 0.6) is 0 Å². The van der Waals surface area contributed by atoms with E-state index >= 15 is 0 Å². The van der Waals surface area contributed by atoms with Gasteiger partial charge < -0.3 is 4.42 Å². The monoisotopic (exact) mass is 300 g/mol. The molecule has 0 atom stereocenters. The molecule has 1 aromatic heterocycles. The number of benzene rings is 2. The number of alkyl halides is 3. The van der Waals surface area contributed by atoms with Crippen LogP contribution < -0.4 is 0 Å². The van der Waals surface area contributed by atoms with E-state index in [1.165, 1.54) is 18.2 Å². The highest BCUT2D eigenvalue weighted by molar-refractivity contribution is 7.92. The van der Waals surface area contributed by atoms with Crippen LogP contribution in [0.15, 0.2) is 51.8 Å². The van der Waals surface area contributed by atoms with Crippen LogP contribution in [0.25, 0.3) is 21.9 Å². The number of para-hydroxylation sites is 1. The Morgan fingerprint density at radius 2 is 1.55 bits per heavy atom. The van der Waals surface area contributed by atoms with Gasteiger partial charge in [0.25, 0.3) is 9.84 Å². The molecule has 0 aliphatic rings. The average Bonchev–Trinajstić information content (AvgIpc) is 2.75. The van der Waals surface area contributed by atoms with Crippen LogP contribution in [-0.4, -0.2) is 13.9 Å². The SMILES string of the molecule is O=S(=O)(c1cccc2oc3ccccc3c12)C(F)(F)F. The molecule has 0 saturated carbocycles. The minimum absolute atomic E-state index is 0.0413. The van der Waals surface area contributed by atoms with Crippen LogP contribution in [0.4, 0.5) is 13.2 Å². The van der Waals surface area contributed by atoms with E-state index < -0.39 is 20.2 Å². The molecule has 0 aliphatic carbocycles. The number of rotatable bonds is 1. The van der Waals surface area contributed by atoms with Crippen molar-refractivity contribution < 1.29 is 26.0 Å². The van der Waals surface area contributed by atoms with Gasteiger partial charge in [-0.05, 0) is 18.2 Å². The van der Waals surface area contributed by atoms with E-state index in [1.54, 1.807) is 18.2 Å². The molecular formula is C13H7F3O3S. The number of halogens is 3. The standard InChI is InChI=1S/C13H7F3O3S/c14-13(15,16)20(17,18)11-7-3-6-10-12(11)8-4-1-2-5-9(8)19-10/h1-7H. The molecule has 0 amide bonds. The Balaban J connectivity index is 2.49. The van der Waals surface area contributed by atoms with Gasteiger partial charge in [-0.25, -0.2) is 8.42 Å². The predicted octanol–water partition coefficient (Wildman–Crippen LogP) is 3.88. The Hall–Kier alpha value is -2.02. The summed E-state index contributed by atoms with van der Waals surface area (Å²) >= 11 is 0. The predicted molar refractivity (Wildman–Crippen MR) is 67.0 cm³/mol. The third-order valence-electron chi connectivity index (χ3n) is 2.96. The fraction of sp³-hybridized carbons (Fsp3) is 0.0769. The summed E-state index contributed by atoms with van der Waals surface area (Å²) in [7, 11) is -5.42. The van der Waals surface area contributed by atoms with Crippen molar-refractivity contribution in [3.63, 3.8) is 0 Å². The van der Waals surface area contributed by atoms with Crippen LogP contribution >= 0.6 is 0 Å². The van der Waals surface area contributed by atoms with Crippen molar-refractivity contribution in [2.75, 3.05) is 0 Å². The van der Waals surface area contributed by atoms with Gasteiger partial charge in [0.2, 0.25) is 0 Å². The highest BCUT2D eigenvalue weighted by Gasteiger charge is 2.48. The minimum atomic E-state index is -5.42. The highest BCUT2D eigenvalue weighted by atomic mass is 32.2. The maximum absolute atomic E-state index is 12.7. The van der Waals surface area contributed by atoms with E-state index in [0.29, 0.717) is 11.0 Å². The molecule has 7 heteroatoms. The van der Waals surface area contributed by atoms with Crippen LogP contribution in [0.3, 0.4) is 0 Å². The molecule has 0 fully saturated rings. The summed E-state index contributed by atoms with van der Waals surface area (Å²) in [6.45, 7) is 0. The minimum Gasteiger partial charge on any atom is -0.456 e.